The van der Waals surface area contributed by atoms with Crippen molar-refractivity contribution in [3.63, 3.8) is 0 Å². The molecule has 3 aromatic rings. The fourth-order valence-electron chi connectivity index (χ4n) is 4.50. The predicted molar refractivity (Wildman–Crippen MR) is 120 cm³/mol. The minimum absolute atomic E-state index is 0.0436. The highest BCUT2D eigenvalue weighted by molar-refractivity contribution is 6.00. The number of para-hydroxylation sites is 2. The van der Waals surface area contributed by atoms with E-state index < -0.39 is 6.10 Å². The van der Waals surface area contributed by atoms with Crippen molar-refractivity contribution in [2.24, 2.45) is 0 Å². The topological polar surface area (TPSA) is 72.2 Å². The van der Waals surface area contributed by atoms with Gasteiger partial charge >= 0.3 is 0 Å². The number of hydrogen-bond acceptors (Lipinski definition) is 5. The van der Waals surface area contributed by atoms with Gasteiger partial charge in [0.25, 0.3) is 5.91 Å². The standard InChI is InChI=1S/C25H26N2O5/c1-30-18-9-10-19-17(16-31-22(19)14-18)13-24(28)27-15-23(25(29)26-11-5-2-6-12-26)32-21-8-4-3-7-20(21)27/h3-4,7-10,14,16,23H,2,5-6,11-13,15H2,1H3. The fraction of sp³-hybridized carbons (Fsp3) is 0.360. The first-order valence-electron chi connectivity index (χ1n) is 11.0. The number of fused-ring (bicyclic) bond motifs is 2. The minimum Gasteiger partial charge on any atom is -0.497 e. The molecule has 0 radical (unpaired) electrons. The molecule has 0 saturated carbocycles. The van der Waals surface area contributed by atoms with E-state index in [4.69, 9.17) is 13.9 Å². The molecule has 2 amide bonds. The third kappa shape index (κ3) is 3.79. The summed E-state index contributed by atoms with van der Waals surface area (Å²) in [7, 11) is 1.60. The number of carbonyl (C=O) groups is 2. The lowest BCUT2D eigenvalue weighted by molar-refractivity contribution is -0.139. The van der Waals surface area contributed by atoms with Crippen LogP contribution in [-0.4, -0.2) is 49.6 Å². The zero-order chi connectivity index (χ0) is 22.1. The van der Waals surface area contributed by atoms with E-state index >= 15 is 0 Å². The van der Waals surface area contributed by atoms with Crippen LogP contribution in [0.5, 0.6) is 11.5 Å². The Morgan fingerprint density at radius 1 is 1.09 bits per heavy atom. The Labute approximate surface area is 186 Å². The van der Waals surface area contributed by atoms with Crippen LogP contribution in [0, 0.1) is 0 Å². The number of carbonyl (C=O) groups excluding carboxylic acids is 2. The van der Waals surface area contributed by atoms with Gasteiger partial charge in [-0.05, 0) is 43.5 Å². The third-order valence-electron chi connectivity index (χ3n) is 6.22. The molecular formula is C25H26N2O5. The molecule has 1 aromatic heterocycles. The van der Waals surface area contributed by atoms with E-state index in [0.717, 1.165) is 43.3 Å². The fourth-order valence-corrected chi connectivity index (χ4v) is 4.50. The number of methoxy groups -OCH3 is 1. The number of likely N-dealkylation sites (tertiary alicyclic amines) is 1. The highest BCUT2D eigenvalue weighted by Crippen LogP contribution is 2.35. The van der Waals surface area contributed by atoms with Crippen LogP contribution >= 0.6 is 0 Å². The van der Waals surface area contributed by atoms with Crippen molar-refractivity contribution >= 4 is 28.5 Å². The Kier molecular flexibility index (Phi) is 5.47. The first-order valence-corrected chi connectivity index (χ1v) is 11.0. The SMILES string of the molecule is COc1ccc2c(CC(=O)N3CC(C(=O)N4CCCCC4)Oc4ccccc43)coc2c1. The third-order valence-corrected chi connectivity index (χ3v) is 6.22. The van der Waals surface area contributed by atoms with E-state index in [2.05, 4.69) is 0 Å². The Morgan fingerprint density at radius 2 is 1.91 bits per heavy atom. The number of anilines is 1. The van der Waals surface area contributed by atoms with Crippen LogP contribution in [0.15, 0.2) is 53.1 Å². The molecule has 0 N–H and O–H groups in total. The quantitative estimate of drug-likeness (QED) is 0.625. The number of amides is 2. The van der Waals surface area contributed by atoms with E-state index in [1.54, 1.807) is 24.3 Å². The van der Waals surface area contributed by atoms with Gasteiger partial charge in [-0.15, -0.1) is 0 Å². The molecule has 1 fully saturated rings. The van der Waals surface area contributed by atoms with Crippen molar-refractivity contribution < 1.29 is 23.5 Å². The normalized spacial score (nSPS) is 18.2. The summed E-state index contributed by atoms with van der Waals surface area (Å²) in [5.41, 5.74) is 2.16. The van der Waals surface area contributed by atoms with Crippen LogP contribution in [0.4, 0.5) is 5.69 Å². The molecule has 1 unspecified atom stereocenters. The van der Waals surface area contributed by atoms with Gasteiger partial charge in [0.2, 0.25) is 5.91 Å². The molecule has 3 heterocycles. The van der Waals surface area contributed by atoms with Crippen LogP contribution in [0.1, 0.15) is 24.8 Å². The second-order valence-electron chi connectivity index (χ2n) is 8.26. The average molecular weight is 434 g/mol. The van der Waals surface area contributed by atoms with Crippen molar-refractivity contribution in [2.45, 2.75) is 31.8 Å². The number of benzene rings is 2. The molecule has 1 saturated heterocycles. The van der Waals surface area contributed by atoms with E-state index in [9.17, 15) is 9.59 Å². The van der Waals surface area contributed by atoms with E-state index in [0.29, 0.717) is 22.8 Å². The Morgan fingerprint density at radius 3 is 2.72 bits per heavy atom. The highest BCUT2D eigenvalue weighted by Gasteiger charge is 2.36. The van der Waals surface area contributed by atoms with E-state index in [1.165, 1.54) is 0 Å². The minimum atomic E-state index is -0.697. The molecule has 7 nitrogen and oxygen atoms in total. The maximum Gasteiger partial charge on any atom is 0.265 e. The molecule has 32 heavy (non-hydrogen) atoms. The second-order valence-corrected chi connectivity index (χ2v) is 8.26. The van der Waals surface area contributed by atoms with Crippen LogP contribution < -0.4 is 14.4 Å². The van der Waals surface area contributed by atoms with Gasteiger partial charge in [-0.2, -0.15) is 0 Å². The zero-order valence-corrected chi connectivity index (χ0v) is 18.1. The molecule has 2 aliphatic rings. The van der Waals surface area contributed by atoms with Gasteiger partial charge in [0, 0.05) is 30.1 Å². The molecule has 7 heteroatoms. The predicted octanol–water partition coefficient (Wildman–Crippen LogP) is 3.79. The second kappa shape index (κ2) is 8.57. The summed E-state index contributed by atoms with van der Waals surface area (Å²) in [5.74, 6) is 1.11. The van der Waals surface area contributed by atoms with Crippen LogP contribution in [0.3, 0.4) is 0 Å². The summed E-state index contributed by atoms with van der Waals surface area (Å²) >= 11 is 0. The van der Waals surface area contributed by atoms with Gasteiger partial charge in [0.05, 0.1) is 32.0 Å². The molecular weight excluding hydrogens is 408 g/mol. The number of piperidine rings is 1. The molecule has 0 spiro atoms. The largest absolute Gasteiger partial charge is 0.497 e. The number of hydrogen-bond donors (Lipinski definition) is 0. The Hall–Kier alpha value is -3.48. The lowest BCUT2D eigenvalue weighted by Gasteiger charge is -2.37. The van der Waals surface area contributed by atoms with Gasteiger partial charge in [-0.25, -0.2) is 0 Å². The highest BCUT2D eigenvalue weighted by atomic mass is 16.5. The van der Waals surface area contributed by atoms with Crippen molar-refractivity contribution in [3.8, 4) is 11.5 Å². The Balaban J connectivity index is 1.40. The lowest BCUT2D eigenvalue weighted by Crippen LogP contribution is -2.53. The van der Waals surface area contributed by atoms with Gasteiger partial charge < -0.3 is 23.7 Å². The average Bonchev–Trinajstić information content (AvgIpc) is 3.25. The molecule has 5 rings (SSSR count). The maximum absolute atomic E-state index is 13.4. The smallest absolute Gasteiger partial charge is 0.265 e. The first kappa shape index (κ1) is 20.4. The molecule has 0 aliphatic carbocycles. The molecule has 0 bridgehead atoms. The molecule has 2 aromatic carbocycles. The zero-order valence-electron chi connectivity index (χ0n) is 18.1. The molecule has 166 valence electrons. The van der Waals surface area contributed by atoms with Crippen molar-refractivity contribution in [2.75, 3.05) is 31.6 Å². The van der Waals surface area contributed by atoms with Gasteiger partial charge in [0.15, 0.2) is 6.10 Å². The number of rotatable bonds is 4. The first-order chi connectivity index (χ1) is 15.6. The summed E-state index contributed by atoms with van der Waals surface area (Å²) < 4.78 is 16.9. The van der Waals surface area contributed by atoms with Crippen LogP contribution in [0.25, 0.3) is 11.0 Å². The van der Waals surface area contributed by atoms with Gasteiger partial charge in [0.1, 0.15) is 17.1 Å². The number of ether oxygens (including phenoxy) is 2. The van der Waals surface area contributed by atoms with E-state index in [-0.39, 0.29) is 24.8 Å². The maximum atomic E-state index is 13.4. The summed E-state index contributed by atoms with van der Waals surface area (Å²) in [6, 6.07) is 12.9. The van der Waals surface area contributed by atoms with Crippen molar-refractivity contribution in [1.82, 2.24) is 4.90 Å². The summed E-state index contributed by atoms with van der Waals surface area (Å²) in [5, 5.41) is 0.877. The lowest BCUT2D eigenvalue weighted by atomic mass is 10.1. The Bertz CT molecular complexity index is 1150. The number of furan rings is 1. The van der Waals surface area contributed by atoms with Gasteiger partial charge in [-0.3, -0.25) is 9.59 Å². The van der Waals surface area contributed by atoms with Crippen molar-refractivity contribution in [1.29, 1.82) is 0 Å². The van der Waals surface area contributed by atoms with Crippen LogP contribution in [-0.2, 0) is 16.0 Å². The molecule has 2 aliphatic heterocycles. The summed E-state index contributed by atoms with van der Waals surface area (Å²) in [6.45, 7) is 1.70. The molecule has 1 atom stereocenters. The van der Waals surface area contributed by atoms with Gasteiger partial charge in [-0.1, -0.05) is 12.1 Å². The summed E-state index contributed by atoms with van der Waals surface area (Å²) in [4.78, 5) is 30.1. The van der Waals surface area contributed by atoms with Crippen molar-refractivity contribution in [3.05, 3.63) is 54.3 Å². The van der Waals surface area contributed by atoms with E-state index in [1.807, 2.05) is 41.3 Å². The monoisotopic (exact) mass is 434 g/mol. The van der Waals surface area contributed by atoms with Crippen LogP contribution in [0.2, 0.25) is 0 Å². The number of nitrogens with zero attached hydrogens (tertiary/aromatic N) is 2. The summed E-state index contributed by atoms with van der Waals surface area (Å²) in [6.07, 6.45) is 4.25.